The molecule has 0 radical (unpaired) electrons. The topological polar surface area (TPSA) is 67.6 Å². The maximum Gasteiger partial charge on any atom is 0.256 e. The van der Waals surface area contributed by atoms with Crippen LogP contribution in [0.4, 0.5) is 0 Å². The Morgan fingerprint density at radius 1 is 1.40 bits per heavy atom. The zero-order valence-corrected chi connectivity index (χ0v) is 14.4. The molecule has 4 rings (SSSR count). The van der Waals surface area contributed by atoms with Crippen molar-refractivity contribution in [3.05, 3.63) is 53.4 Å². The third-order valence-corrected chi connectivity index (χ3v) is 5.44. The number of amides is 1. The van der Waals surface area contributed by atoms with Crippen molar-refractivity contribution in [1.82, 2.24) is 15.4 Å². The Kier molecular flexibility index (Phi) is 4.31. The van der Waals surface area contributed by atoms with Crippen LogP contribution >= 0.6 is 0 Å². The summed E-state index contributed by atoms with van der Waals surface area (Å²) in [4.78, 5) is 14.8. The van der Waals surface area contributed by atoms with E-state index in [1.807, 2.05) is 6.07 Å². The van der Waals surface area contributed by atoms with E-state index in [9.17, 15) is 4.79 Å². The number of carbonyl (C=O) groups is 1. The summed E-state index contributed by atoms with van der Waals surface area (Å²) < 4.78 is 10.7. The average Bonchev–Trinajstić information content (AvgIpc) is 3.28. The van der Waals surface area contributed by atoms with Crippen molar-refractivity contribution < 1.29 is 14.1 Å². The summed E-state index contributed by atoms with van der Waals surface area (Å²) in [7, 11) is 0. The van der Waals surface area contributed by atoms with E-state index in [4.69, 9.17) is 9.26 Å². The molecule has 2 aromatic rings. The predicted molar refractivity (Wildman–Crippen MR) is 92.0 cm³/mol. The van der Waals surface area contributed by atoms with Gasteiger partial charge in [0.1, 0.15) is 11.3 Å². The van der Waals surface area contributed by atoms with Crippen LogP contribution in [0.5, 0.6) is 0 Å². The molecule has 3 heterocycles. The van der Waals surface area contributed by atoms with E-state index in [2.05, 4.69) is 39.6 Å². The molecule has 25 heavy (non-hydrogen) atoms. The molecule has 6 heteroatoms. The number of aromatic nitrogens is 1. The Bertz CT molecular complexity index is 745. The lowest BCUT2D eigenvalue weighted by molar-refractivity contribution is 0.0902. The summed E-state index contributed by atoms with van der Waals surface area (Å²) in [5.41, 5.74) is 1.82. The zero-order valence-electron chi connectivity index (χ0n) is 14.4. The lowest BCUT2D eigenvalue weighted by atomic mass is 9.81. The highest BCUT2D eigenvalue weighted by Gasteiger charge is 2.50. The third kappa shape index (κ3) is 3.19. The van der Waals surface area contributed by atoms with Crippen LogP contribution < -0.4 is 5.32 Å². The molecular formula is C19H23N3O3. The zero-order chi connectivity index (χ0) is 17.3. The summed E-state index contributed by atoms with van der Waals surface area (Å²) in [6, 6.07) is 10.5. The Morgan fingerprint density at radius 2 is 2.24 bits per heavy atom. The van der Waals surface area contributed by atoms with Gasteiger partial charge in [-0.2, -0.15) is 0 Å². The molecule has 1 aromatic heterocycles. The van der Waals surface area contributed by atoms with Crippen LogP contribution in [-0.2, 0) is 11.3 Å². The fourth-order valence-corrected chi connectivity index (χ4v) is 4.02. The minimum absolute atomic E-state index is 0.00445. The molecule has 2 atom stereocenters. The Hall–Kier alpha value is -2.18. The minimum Gasteiger partial charge on any atom is -0.380 e. The van der Waals surface area contributed by atoms with Crippen molar-refractivity contribution >= 4 is 5.91 Å². The lowest BCUT2D eigenvalue weighted by Gasteiger charge is -2.27. The first-order valence-corrected chi connectivity index (χ1v) is 8.70. The first-order valence-electron chi connectivity index (χ1n) is 8.70. The fourth-order valence-electron chi connectivity index (χ4n) is 4.02. The number of nitrogens with zero attached hydrogens (tertiary/aromatic N) is 2. The van der Waals surface area contributed by atoms with E-state index in [-0.39, 0.29) is 11.3 Å². The van der Waals surface area contributed by atoms with Crippen molar-refractivity contribution in [1.29, 1.82) is 0 Å². The van der Waals surface area contributed by atoms with Crippen molar-refractivity contribution in [2.45, 2.75) is 13.5 Å². The van der Waals surface area contributed by atoms with Crippen molar-refractivity contribution in [3.8, 4) is 0 Å². The number of benzene rings is 1. The standard InChI is InChI=1S/C19H23N3O3/c1-14-17(7-21-25-14)18(23)20-11-19-12-22(9-16(19)10-24-13-19)8-15-5-3-2-4-6-15/h2-7,16H,8-13H2,1H3,(H,20,23)/t16-,19+/m0/s1. The quantitative estimate of drug-likeness (QED) is 0.899. The molecule has 132 valence electrons. The van der Waals surface area contributed by atoms with Crippen molar-refractivity contribution in [2.24, 2.45) is 11.3 Å². The second-order valence-corrected chi connectivity index (χ2v) is 7.21. The summed E-state index contributed by atoms with van der Waals surface area (Å²) in [6.45, 7) is 6.73. The van der Waals surface area contributed by atoms with Crippen molar-refractivity contribution in [2.75, 3.05) is 32.8 Å². The molecule has 6 nitrogen and oxygen atoms in total. The lowest BCUT2D eigenvalue weighted by Crippen LogP contribution is -2.43. The summed E-state index contributed by atoms with van der Waals surface area (Å²) in [5, 5.41) is 6.75. The smallest absolute Gasteiger partial charge is 0.256 e. The third-order valence-electron chi connectivity index (χ3n) is 5.44. The highest BCUT2D eigenvalue weighted by molar-refractivity contribution is 5.94. The highest BCUT2D eigenvalue weighted by atomic mass is 16.5. The van der Waals surface area contributed by atoms with Gasteiger partial charge in [0.2, 0.25) is 0 Å². The molecule has 0 unspecified atom stereocenters. The molecule has 1 amide bonds. The van der Waals surface area contributed by atoms with E-state index in [1.54, 1.807) is 6.92 Å². The van der Waals surface area contributed by atoms with Crippen LogP contribution in [-0.4, -0.2) is 48.8 Å². The molecule has 2 saturated heterocycles. The van der Waals surface area contributed by atoms with Crippen molar-refractivity contribution in [3.63, 3.8) is 0 Å². The van der Waals surface area contributed by atoms with Crippen LogP contribution in [0.3, 0.4) is 0 Å². The minimum atomic E-state index is -0.125. The van der Waals surface area contributed by atoms with E-state index in [0.29, 0.717) is 30.4 Å². The number of hydrogen-bond acceptors (Lipinski definition) is 5. The van der Waals surface area contributed by atoms with Gasteiger partial charge in [0, 0.05) is 37.5 Å². The number of likely N-dealkylation sites (tertiary alicyclic amines) is 1. The molecule has 0 aliphatic carbocycles. The number of nitrogens with one attached hydrogen (secondary N) is 1. The summed E-state index contributed by atoms with van der Waals surface area (Å²) >= 11 is 0. The van der Waals surface area contributed by atoms with Gasteiger partial charge in [-0.05, 0) is 12.5 Å². The van der Waals surface area contributed by atoms with Gasteiger partial charge in [-0.15, -0.1) is 0 Å². The molecule has 0 saturated carbocycles. The maximum absolute atomic E-state index is 12.4. The van der Waals surface area contributed by atoms with Gasteiger partial charge in [0.25, 0.3) is 5.91 Å². The van der Waals surface area contributed by atoms with Gasteiger partial charge < -0.3 is 14.6 Å². The van der Waals surface area contributed by atoms with E-state index in [0.717, 1.165) is 26.2 Å². The highest BCUT2D eigenvalue weighted by Crippen LogP contribution is 2.41. The molecule has 2 aliphatic rings. The van der Waals surface area contributed by atoms with Crippen LogP contribution in [0.2, 0.25) is 0 Å². The molecule has 2 aliphatic heterocycles. The second-order valence-electron chi connectivity index (χ2n) is 7.21. The maximum atomic E-state index is 12.4. The van der Waals surface area contributed by atoms with Crippen LogP contribution in [0.1, 0.15) is 21.7 Å². The predicted octanol–water partition coefficient (Wildman–Crippen LogP) is 1.86. The SMILES string of the molecule is Cc1oncc1C(=O)NC[C@@]12COC[C@@H]1CN(Cc1ccccc1)C2. The molecule has 0 spiro atoms. The van der Waals surface area contributed by atoms with E-state index < -0.39 is 0 Å². The van der Waals surface area contributed by atoms with Gasteiger partial charge in [-0.1, -0.05) is 35.5 Å². The first-order chi connectivity index (χ1) is 12.2. The Labute approximate surface area is 147 Å². The van der Waals surface area contributed by atoms with Gasteiger partial charge in [0.05, 0.1) is 19.4 Å². The fraction of sp³-hybridized carbons (Fsp3) is 0.474. The van der Waals surface area contributed by atoms with E-state index >= 15 is 0 Å². The first kappa shape index (κ1) is 16.3. The van der Waals surface area contributed by atoms with E-state index in [1.165, 1.54) is 11.8 Å². The molecule has 1 aromatic carbocycles. The second kappa shape index (κ2) is 6.61. The van der Waals surface area contributed by atoms with Crippen LogP contribution in [0, 0.1) is 18.3 Å². The Morgan fingerprint density at radius 3 is 3.00 bits per heavy atom. The van der Waals surface area contributed by atoms with Gasteiger partial charge >= 0.3 is 0 Å². The van der Waals surface area contributed by atoms with Crippen LogP contribution in [0.15, 0.2) is 41.1 Å². The number of aryl methyl sites for hydroxylation is 1. The molecular weight excluding hydrogens is 318 g/mol. The van der Waals surface area contributed by atoms with Gasteiger partial charge in [-0.3, -0.25) is 9.69 Å². The monoisotopic (exact) mass is 341 g/mol. The Balaban J connectivity index is 1.41. The number of fused-ring (bicyclic) bond motifs is 1. The normalized spacial score (nSPS) is 25.9. The summed E-state index contributed by atoms with van der Waals surface area (Å²) in [6.07, 6.45) is 1.47. The number of hydrogen-bond donors (Lipinski definition) is 1. The largest absolute Gasteiger partial charge is 0.380 e. The number of carbonyl (C=O) groups excluding carboxylic acids is 1. The van der Waals surface area contributed by atoms with Gasteiger partial charge in [0.15, 0.2) is 0 Å². The number of rotatable bonds is 5. The molecule has 0 bridgehead atoms. The van der Waals surface area contributed by atoms with Gasteiger partial charge in [-0.25, -0.2) is 0 Å². The number of ether oxygens (including phenoxy) is 1. The molecule has 2 fully saturated rings. The van der Waals surface area contributed by atoms with Crippen LogP contribution in [0.25, 0.3) is 0 Å². The molecule has 1 N–H and O–H groups in total. The summed E-state index contributed by atoms with van der Waals surface area (Å²) in [5.74, 6) is 0.881. The average molecular weight is 341 g/mol.